The Bertz CT molecular complexity index is 997. The number of para-hydroxylation sites is 1. The van der Waals surface area contributed by atoms with Gasteiger partial charge >= 0.3 is 0 Å². The highest BCUT2D eigenvalue weighted by atomic mass is 35.5. The van der Waals surface area contributed by atoms with Crippen molar-refractivity contribution in [2.75, 3.05) is 36.0 Å². The molecule has 1 N–H and O–H groups in total. The minimum atomic E-state index is -0.379. The predicted octanol–water partition coefficient (Wildman–Crippen LogP) is 3.89. The zero-order chi connectivity index (χ0) is 22.1. The Hall–Kier alpha value is -2.80. The lowest BCUT2D eigenvalue weighted by Gasteiger charge is -2.49. The van der Waals surface area contributed by atoms with Crippen LogP contribution in [-0.2, 0) is 11.2 Å². The molecule has 164 valence electrons. The first-order valence-electron chi connectivity index (χ1n) is 10.7. The minimum absolute atomic E-state index is 0.00173. The minimum Gasteiger partial charge on any atom is -0.366 e. The molecule has 2 aromatic rings. The first-order valence-corrected chi connectivity index (χ1v) is 11.0. The third kappa shape index (κ3) is 4.32. The molecule has 0 unspecified atom stereocenters. The number of nitro benzene ring substituents is 1. The molecule has 0 spiro atoms. The van der Waals surface area contributed by atoms with Gasteiger partial charge in [-0.05, 0) is 36.1 Å². The van der Waals surface area contributed by atoms with Gasteiger partial charge in [-0.3, -0.25) is 14.9 Å². The molecule has 0 aliphatic carbocycles. The molecule has 0 saturated carbocycles. The molecular weight excluding hydrogens is 416 g/mol. The van der Waals surface area contributed by atoms with E-state index in [4.69, 9.17) is 11.6 Å². The van der Waals surface area contributed by atoms with Crippen molar-refractivity contribution in [2.45, 2.75) is 26.3 Å². The summed E-state index contributed by atoms with van der Waals surface area (Å²) in [7, 11) is 0. The second-order valence-electron chi connectivity index (χ2n) is 8.68. The summed E-state index contributed by atoms with van der Waals surface area (Å²) in [6.45, 7) is 6.88. The number of carbonyl (C=O) groups is 1. The van der Waals surface area contributed by atoms with Crippen LogP contribution in [0.5, 0.6) is 0 Å². The molecule has 1 amide bonds. The van der Waals surface area contributed by atoms with Crippen molar-refractivity contribution in [3.05, 3.63) is 63.2 Å². The Kier molecular flexibility index (Phi) is 6.05. The normalized spacial score (nSPS) is 20.3. The fourth-order valence-electron chi connectivity index (χ4n) is 4.59. The third-order valence-corrected chi connectivity index (χ3v) is 6.44. The Morgan fingerprint density at radius 2 is 2.00 bits per heavy atom. The van der Waals surface area contributed by atoms with Crippen LogP contribution in [-0.4, -0.2) is 43.1 Å². The smallest absolute Gasteiger partial charge is 0.269 e. The van der Waals surface area contributed by atoms with Crippen molar-refractivity contribution in [2.24, 2.45) is 11.8 Å². The number of amides is 1. The van der Waals surface area contributed by atoms with E-state index in [0.29, 0.717) is 37.0 Å². The summed E-state index contributed by atoms with van der Waals surface area (Å²) < 4.78 is 0. The second kappa shape index (κ2) is 8.75. The summed E-state index contributed by atoms with van der Waals surface area (Å²) in [4.78, 5) is 28.6. The lowest BCUT2D eigenvalue weighted by atomic mass is 9.83. The molecule has 2 aliphatic heterocycles. The molecule has 2 atom stereocenters. The highest BCUT2D eigenvalue weighted by molar-refractivity contribution is 6.33. The van der Waals surface area contributed by atoms with Crippen LogP contribution in [0.4, 0.5) is 17.1 Å². The molecule has 31 heavy (non-hydrogen) atoms. The number of nitrogens with zero attached hydrogens (tertiary/aromatic N) is 3. The molecule has 7 nitrogen and oxygen atoms in total. The van der Waals surface area contributed by atoms with Gasteiger partial charge in [-0.15, -0.1) is 0 Å². The van der Waals surface area contributed by atoms with Crippen LogP contribution < -0.4 is 15.1 Å². The van der Waals surface area contributed by atoms with E-state index in [1.807, 2.05) is 30.3 Å². The number of carbonyl (C=O) groups excluding carboxylic acids is 1. The Morgan fingerprint density at radius 1 is 1.23 bits per heavy atom. The van der Waals surface area contributed by atoms with E-state index < -0.39 is 0 Å². The number of nitro groups is 1. The van der Waals surface area contributed by atoms with Gasteiger partial charge < -0.3 is 15.1 Å². The van der Waals surface area contributed by atoms with Gasteiger partial charge in [0.15, 0.2) is 0 Å². The summed E-state index contributed by atoms with van der Waals surface area (Å²) in [5.74, 6) is 0.0587. The summed E-state index contributed by atoms with van der Waals surface area (Å²) >= 11 is 6.45. The first-order chi connectivity index (χ1) is 14.8. The van der Waals surface area contributed by atoms with Crippen molar-refractivity contribution in [3.8, 4) is 0 Å². The molecule has 2 heterocycles. The lowest BCUT2D eigenvalue weighted by molar-refractivity contribution is -0.384. The van der Waals surface area contributed by atoms with Crippen molar-refractivity contribution in [1.82, 2.24) is 5.32 Å². The van der Waals surface area contributed by atoms with E-state index in [0.717, 1.165) is 23.5 Å². The van der Waals surface area contributed by atoms with Crippen LogP contribution >= 0.6 is 11.6 Å². The SMILES string of the molecule is CC(C)CNC(=O)[C@@H]1Cc2cc([N+](=O)[O-])ccc2N2CCN(c3ccccc3Cl)C[C@@H]12. The lowest BCUT2D eigenvalue weighted by Crippen LogP contribution is -2.61. The molecule has 0 bridgehead atoms. The average Bonchev–Trinajstić information content (AvgIpc) is 2.76. The molecule has 0 radical (unpaired) electrons. The maximum Gasteiger partial charge on any atom is 0.269 e. The van der Waals surface area contributed by atoms with Crippen LogP contribution in [0.3, 0.4) is 0 Å². The number of benzene rings is 2. The zero-order valence-corrected chi connectivity index (χ0v) is 18.5. The predicted molar refractivity (Wildman–Crippen MR) is 123 cm³/mol. The zero-order valence-electron chi connectivity index (χ0n) is 17.8. The molecule has 0 aromatic heterocycles. The maximum atomic E-state index is 13.2. The van der Waals surface area contributed by atoms with Crippen molar-refractivity contribution in [1.29, 1.82) is 0 Å². The number of fused-ring (bicyclic) bond motifs is 3. The highest BCUT2D eigenvalue weighted by Gasteiger charge is 2.42. The number of piperazine rings is 1. The number of halogens is 1. The summed E-state index contributed by atoms with van der Waals surface area (Å²) in [5.41, 5.74) is 2.89. The second-order valence-corrected chi connectivity index (χ2v) is 9.09. The number of anilines is 2. The van der Waals surface area contributed by atoms with E-state index in [2.05, 4.69) is 29.0 Å². The largest absolute Gasteiger partial charge is 0.366 e. The maximum absolute atomic E-state index is 13.2. The van der Waals surface area contributed by atoms with Gasteiger partial charge in [0.1, 0.15) is 0 Å². The number of rotatable bonds is 5. The van der Waals surface area contributed by atoms with Gasteiger partial charge in [0.2, 0.25) is 5.91 Å². The summed E-state index contributed by atoms with van der Waals surface area (Å²) in [6, 6.07) is 12.7. The monoisotopic (exact) mass is 442 g/mol. The number of hydrogen-bond acceptors (Lipinski definition) is 5. The molecular formula is C23H27ClN4O3. The quantitative estimate of drug-likeness (QED) is 0.561. The van der Waals surface area contributed by atoms with Crippen molar-refractivity contribution >= 4 is 34.6 Å². The van der Waals surface area contributed by atoms with Gasteiger partial charge in [0, 0.05) is 44.0 Å². The van der Waals surface area contributed by atoms with Gasteiger partial charge in [0.25, 0.3) is 5.69 Å². The number of nitrogens with one attached hydrogen (secondary N) is 1. The Labute approximate surface area is 187 Å². The molecule has 8 heteroatoms. The van der Waals surface area contributed by atoms with Crippen LogP contribution in [0.25, 0.3) is 0 Å². The van der Waals surface area contributed by atoms with E-state index in [9.17, 15) is 14.9 Å². The van der Waals surface area contributed by atoms with Crippen molar-refractivity contribution in [3.63, 3.8) is 0 Å². The van der Waals surface area contributed by atoms with Gasteiger partial charge in [-0.25, -0.2) is 0 Å². The fourth-order valence-corrected chi connectivity index (χ4v) is 4.84. The van der Waals surface area contributed by atoms with Gasteiger partial charge in [0.05, 0.1) is 27.6 Å². The molecule has 1 fully saturated rings. The Balaban J connectivity index is 1.67. The third-order valence-electron chi connectivity index (χ3n) is 6.12. The van der Waals surface area contributed by atoms with Crippen LogP contribution in [0, 0.1) is 22.0 Å². The Morgan fingerprint density at radius 3 is 2.71 bits per heavy atom. The molecule has 4 rings (SSSR count). The summed E-state index contributed by atoms with van der Waals surface area (Å²) in [6.07, 6.45) is 0.485. The van der Waals surface area contributed by atoms with E-state index in [1.54, 1.807) is 12.1 Å². The summed E-state index contributed by atoms with van der Waals surface area (Å²) in [5, 5.41) is 15.1. The molecule has 2 aliphatic rings. The highest BCUT2D eigenvalue weighted by Crippen LogP contribution is 2.39. The first kappa shape index (κ1) is 21.4. The van der Waals surface area contributed by atoms with Crippen molar-refractivity contribution < 1.29 is 9.72 Å². The van der Waals surface area contributed by atoms with E-state index >= 15 is 0 Å². The van der Waals surface area contributed by atoms with Gasteiger partial charge in [-0.2, -0.15) is 0 Å². The standard InChI is InChI=1S/C23H27ClN4O3/c1-15(2)13-25-23(29)18-12-16-11-17(28(30)31)7-8-20(16)27-10-9-26(14-22(18)27)21-6-4-3-5-19(21)24/h3-8,11,15,18,22H,9-10,12-14H2,1-2H3,(H,25,29)/t18-,22+/m1/s1. The van der Waals surface area contributed by atoms with E-state index in [-0.39, 0.29) is 28.5 Å². The topological polar surface area (TPSA) is 78.7 Å². The van der Waals surface area contributed by atoms with E-state index in [1.165, 1.54) is 0 Å². The molecule has 1 saturated heterocycles. The molecule has 2 aromatic carbocycles. The van der Waals surface area contributed by atoms with Crippen LogP contribution in [0.15, 0.2) is 42.5 Å². The number of non-ortho nitro benzene ring substituents is 1. The van der Waals surface area contributed by atoms with Crippen LogP contribution in [0.2, 0.25) is 5.02 Å². The number of hydrogen-bond donors (Lipinski definition) is 1. The van der Waals surface area contributed by atoms with Crippen LogP contribution in [0.1, 0.15) is 19.4 Å². The fraction of sp³-hybridized carbons (Fsp3) is 0.435. The average molecular weight is 443 g/mol. The van der Waals surface area contributed by atoms with Gasteiger partial charge in [-0.1, -0.05) is 37.6 Å².